The van der Waals surface area contributed by atoms with Gasteiger partial charge in [-0.1, -0.05) is 6.07 Å². The molecule has 7 heteroatoms. The van der Waals surface area contributed by atoms with Crippen LogP contribution in [0.3, 0.4) is 0 Å². The second-order valence-corrected chi connectivity index (χ2v) is 6.67. The maximum absolute atomic E-state index is 14.2. The number of fused-ring (bicyclic) bond motifs is 1. The van der Waals surface area contributed by atoms with Gasteiger partial charge in [-0.15, -0.1) is 0 Å². The number of β-amino-alcohol motifs (C(OH)–C–C–N with tert-alkyl or cyclic N) is 1. The van der Waals surface area contributed by atoms with E-state index in [0.29, 0.717) is 23.8 Å². The van der Waals surface area contributed by atoms with Gasteiger partial charge in [0, 0.05) is 23.4 Å². The normalized spacial score (nSPS) is 21.8. The molecule has 1 aliphatic heterocycles. The van der Waals surface area contributed by atoms with Crippen LogP contribution in [0.1, 0.15) is 35.0 Å². The van der Waals surface area contributed by atoms with Crippen molar-refractivity contribution in [2.75, 3.05) is 11.4 Å². The van der Waals surface area contributed by atoms with Crippen LogP contribution < -0.4 is 10.6 Å². The number of nitrogens with two attached hydrogens (primary N) is 1. The minimum absolute atomic E-state index is 0.0405. The van der Waals surface area contributed by atoms with E-state index in [1.54, 1.807) is 6.07 Å². The summed E-state index contributed by atoms with van der Waals surface area (Å²) in [4.78, 5) is 22.5. The van der Waals surface area contributed by atoms with Crippen molar-refractivity contribution >= 4 is 11.9 Å². The second kappa shape index (κ2) is 5.77. The number of hydrogen-bond acceptors (Lipinski definition) is 5. The average molecular weight is 342 g/mol. The van der Waals surface area contributed by atoms with Gasteiger partial charge < -0.3 is 15.7 Å². The number of nitrogens with zero attached hydrogens (tertiary/aromatic N) is 3. The van der Waals surface area contributed by atoms with Crippen molar-refractivity contribution in [2.24, 2.45) is 5.73 Å². The van der Waals surface area contributed by atoms with E-state index in [1.807, 2.05) is 11.8 Å². The number of anilines is 1. The summed E-state index contributed by atoms with van der Waals surface area (Å²) >= 11 is 0. The molecule has 2 atom stereocenters. The molecule has 0 saturated carbocycles. The summed E-state index contributed by atoms with van der Waals surface area (Å²) in [6, 6.07) is 4.33. The highest BCUT2D eigenvalue weighted by molar-refractivity contribution is 5.93. The van der Waals surface area contributed by atoms with Gasteiger partial charge in [0.15, 0.2) is 0 Å². The summed E-state index contributed by atoms with van der Waals surface area (Å²) in [5, 5.41) is 9.76. The topological polar surface area (TPSA) is 92.3 Å². The van der Waals surface area contributed by atoms with Gasteiger partial charge in [0.2, 0.25) is 5.95 Å². The molecule has 130 valence electrons. The van der Waals surface area contributed by atoms with Gasteiger partial charge in [0.1, 0.15) is 5.82 Å². The Morgan fingerprint density at radius 3 is 2.80 bits per heavy atom. The fourth-order valence-electron chi connectivity index (χ4n) is 3.50. The van der Waals surface area contributed by atoms with E-state index in [9.17, 15) is 14.3 Å². The first-order valence-electron chi connectivity index (χ1n) is 8.40. The summed E-state index contributed by atoms with van der Waals surface area (Å²) in [6.07, 6.45) is 2.32. The summed E-state index contributed by atoms with van der Waals surface area (Å²) in [7, 11) is 0. The van der Waals surface area contributed by atoms with Crippen molar-refractivity contribution in [2.45, 2.75) is 38.3 Å². The van der Waals surface area contributed by atoms with Gasteiger partial charge in [0.25, 0.3) is 5.91 Å². The minimum atomic E-state index is -0.791. The Bertz CT molecular complexity index is 870. The number of carbonyl (C=O) groups is 1. The van der Waals surface area contributed by atoms with Crippen LogP contribution in [0.5, 0.6) is 0 Å². The van der Waals surface area contributed by atoms with Gasteiger partial charge in [-0.3, -0.25) is 4.79 Å². The molecule has 25 heavy (non-hydrogen) atoms. The Labute approximate surface area is 144 Å². The van der Waals surface area contributed by atoms with Crippen LogP contribution >= 0.6 is 0 Å². The third-order valence-electron chi connectivity index (χ3n) is 5.12. The fraction of sp³-hybridized carbons (Fsp3) is 0.389. The van der Waals surface area contributed by atoms with Crippen LogP contribution in [-0.2, 0) is 12.8 Å². The summed E-state index contributed by atoms with van der Waals surface area (Å²) < 4.78 is 14.2. The minimum Gasteiger partial charge on any atom is -0.389 e. The summed E-state index contributed by atoms with van der Waals surface area (Å²) in [5.74, 6) is -0.876. The third kappa shape index (κ3) is 2.55. The molecular formula is C18H19FN4O2. The predicted octanol–water partition coefficient (Wildman–Crippen LogP) is 1.44. The van der Waals surface area contributed by atoms with E-state index in [-0.39, 0.29) is 17.7 Å². The molecule has 2 aromatic rings. The summed E-state index contributed by atoms with van der Waals surface area (Å²) in [5.41, 5.74) is 8.36. The standard InChI is InChI=1S/C18H19FN4O2/c1-9-15(24)8-23(9)18-21-14-4-2-3-12(14)16(22-18)10-5-6-11(17(20)25)13(19)7-10/h5-7,9,15,24H,2-4,8H2,1H3,(H2,20,25)/t9-,15+/m0/s1. The van der Waals surface area contributed by atoms with Crippen LogP contribution in [-0.4, -0.2) is 39.7 Å². The molecule has 1 aromatic carbocycles. The molecule has 6 nitrogen and oxygen atoms in total. The average Bonchev–Trinajstić information content (AvgIpc) is 3.06. The number of aromatic nitrogens is 2. The first-order chi connectivity index (χ1) is 12.0. The van der Waals surface area contributed by atoms with Gasteiger partial charge >= 0.3 is 0 Å². The van der Waals surface area contributed by atoms with Crippen LogP contribution in [0, 0.1) is 5.82 Å². The molecule has 0 unspecified atom stereocenters. The van der Waals surface area contributed by atoms with E-state index in [4.69, 9.17) is 5.73 Å². The Morgan fingerprint density at radius 1 is 1.36 bits per heavy atom. The highest BCUT2D eigenvalue weighted by Crippen LogP contribution is 2.34. The highest BCUT2D eigenvalue weighted by Gasteiger charge is 2.36. The zero-order valence-electron chi connectivity index (χ0n) is 13.9. The van der Waals surface area contributed by atoms with E-state index in [2.05, 4.69) is 9.97 Å². The first kappa shape index (κ1) is 16.0. The fourth-order valence-corrected chi connectivity index (χ4v) is 3.50. The molecule has 0 radical (unpaired) electrons. The molecule has 1 fully saturated rings. The maximum Gasteiger partial charge on any atom is 0.251 e. The Kier molecular flexibility index (Phi) is 3.68. The lowest BCUT2D eigenvalue weighted by atomic mass is 10.0. The van der Waals surface area contributed by atoms with Crippen LogP contribution in [0.15, 0.2) is 18.2 Å². The molecule has 1 saturated heterocycles. The van der Waals surface area contributed by atoms with Crippen molar-refractivity contribution in [3.8, 4) is 11.3 Å². The number of aliphatic hydroxyl groups excluding tert-OH is 1. The van der Waals surface area contributed by atoms with E-state index >= 15 is 0 Å². The number of aliphatic hydroxyl groups is 1. The van der Waals surface area contributed by atoms with Crippen molar-refractivity contribution in [1.82, 2.24) is 9.97 Å². The van der Waals surface area contributed by atoms with Crippen LogP contribution in [0.4, 0.5) is 10.3 Å². The quantitative estimate of drug-likeness (QED) is 0.880. The molecule has 2 aliphatic rings. The van der Waals surface area contributed by atoms with E-state index < -0.39 is 11.7 Å². The van der Waals surface area contributed by atoms with E-state index in [0.717, 1.165) is 30.5 Å². The highest BCUT2D eigenvalue weighted by atomic mass is 19.1. The zero-order valence-corrected chi connectivity index (χ0v) is 13.9. The number of halogens is 1. The predicted molar refractivity (Wildman–Crippen MR) is 90.8 cm³/mol. The zero-order chi connectivity index (χ0) is 17.7. The molecule has 4 rings (SSSR count). The lowest BCUT2D eigenvalue weighted by molar-refractivity contribution is 0.0978. The van der Waals surface area contributed by atoms with E-state index in [1.165, 1.54) is 12.1 Å². The van der Waals surface area contributed by atoms with Gasteiger partial charge in [-0.2, -0.15) is 0 Å². The molecule has 1 aliphatic carbocycles. The molecule has 2 heterocycles. The largest absolute Gasteiger partial charge is 0.389 e. The Morgan fingerprint density at radius 2 is 2.16 bits per heavy atom. The second-order valence-electron chi connectivity index (χ2n) is 6.67. The Balaban J connectivity index is 1.80. The van der Waals surface area contributed by atoms with Gasteiger partial charge in [-0.05, 0) is 38.3 Å². The van der Waals surface area contributed by atoms with Crippen molar-refractivity contribution in [3.63, 3.8) is 0 Å². The molecular weight excluding hydrogens is 323 g/mol. The molecule has 1 amide bonds. The summed E-state index contributed by atoms with van der Waals surface area (Å²) in [6.45, 7) is 2.42. The Hall–Kier alpha value is -2.54. The number of aryl methyl sites for hydroxylation is 1. The number of amides is 1. The lowest BCUT2D eigenvalue weighted by Crippen LogP contribution is -2.59. The SMILES string of the molecule is C[C@H]1[C@H](O)CN1c1nc2c(c(-c3ccc(C(N)=O)c(F)c3)n1)CCC2. The molecule has 0 spiro atoms. The van der Waals surface area contributed by atoms with Crippen molar-refractivity contribution in [3.05, 3.63) is 40.8 Å². The number of primary amides is 1. The number of rotatable bonds is 3. The number of hydrogen-bond donors (Lipinski definition) is 2. The smallest absolute Gasteiger partial charge is 0.251 e. The molecule has 0 bridgehead atoms. The van der Waals surface area contributed by atoms with Gasteiger partial charge in [-0.25, -0.2) is 14.4 Å². The van der Waals surface area contributed by atoms with Crippen molar-refractivity contribution < 1.29 is 14.3 Å². The monoisotopic (exact) mass is 342 g/mol. The van der Waals surface area contributed by atoms with Gasteiger partial charge in [0.05, 0.1) is 23.4 Å². The first-order valence-corrected chi connectivity index (χ1v) is 8.40. The number of benzene rings is 1. The van der Waals surface area contributed by atoms with Crippen LogP contribution in [0.25, 0.3) is 11.3 Å². The van der Waals surface area contributed by atoms with Crippen LogP contribution in [0.2, 0.25) is 0 Å². The maximum atomic E-state index is 14.2. The third-order valence-corrected chi connectivity index (χ3v) is 5.12. The molecule has 1 aromatic heterocycles. The number of carbonyl (C=O) groups excluding carboxylic acids is 1. The van der Waals surface area contributed by atoms with Crippen molar-refractivity contribution in [1.29, 1.82) is 0 Å². The molecule has 3 N–H and O–H groups in total. The lowest BCUT2D eigenvalue weighted by Gasteiger charge is -2.43.